The highest BCUT2D eigenvalue weighted by molar-refractivity contribution is 4.91. The van der Waals surface area contributed by atoms with Gasteiger partial charge in [-0.25, -0.2) is 0 Å². The molecule has 3 atom stereocenters. The summed E-state index contributed by atoms with van der Waals surface area (Å²) in [4.78, 5) is 0. The summed E-state index contributed by atoms with van der Waals surface area (Å²) in [6.07, 6.45) is -0.121. The van der Waals surface area contributed by atoms with Gasteiger partial charge in [-0.15, -0.1) is 0 Å². The van der Waals surface area contributed by atoms with E-state index in [0.29, 0.717) is 45.9 Å². The average Bonchev–Trinajstić information content (AvgIpc) is 2.69. The number of hydrogen-bond acceptors (Lipinski definition) is 6. The van der Waals surface area contributed by atoms with Crippen LogP contribution in [0.3, 0.4) is 0 Å². The second kappa shape index (κ2) is 8.84. The molecule has 0 spiro atoms. The van der Waals surface area contributed by atoms with Crippen LogP contribution in [0.4, 0.5) is 0 Å². The van der Waals surface area contributed by atoms with Gasteiger partial charge in [0.05, 0.1) is 32.0 Å². The predicted molar refractivity (Wildman–Crippen MR) is 71.2 cm³/mol. The topological polar surface area (TPSA) is 80.2 Å². The summed E-state index contributed by atoms with van der Waals surface area (Å²) in [5.74, 6) is 0. The average molecular weight is 277 g/mol. The van der Waals surface area contributed by atoms with Crippen molar-refractivity contribution in [2.75, 3.05) is 46.1 Å². The maximum atomic E-state index is 10.2. The first kappa shape index (κ1) is 16.8. The number of nitrogens with one attached hydrogen (secondary N) is 1. The second-order valence-electron chi connectivity index (χ2n) is 4.92. The van der Waals surface area contributed by atoms with Crippen LogP contribution in [0.1, 0.15) is 20.3 Å². The van der Waals surface area contributed by atoms with Gasteiger partial charge in [-0.05, 0) is 13.8 Å². The highest BCUT2D eigenvalue weighted by atomic mass is 16.5. The molecule has 0 radical (unpaired) electrons. The summed E-state index contributed by atoms with van der Waals surface area (Å²) in [7, 11) is 0. The Morgan fingerprint density at radius 2 is 2.16 bits per heavy atom. The van der Waals surface area contributed by atoms with Crippen LogP contribution in [0.15, 0.2) is 0 Å². The first-order valence-corrected chi connectivity index (χ1v) is 6.96. The molecule has 0 aliphatic carbocycles. The molecule has 114 valence electrons. The largest absolute Gasteiger partial charge is 0.389 e. The van der Waals surface area contributed by atoms with Crippen molar-refractivity contribution < 1.29 is 24.4 Å². The summed E-state index contributed by atoms with van der Waals surface area (Å²) in [5.41, 5.74) is -0.824. The lowest BCUT2D eigenvalue weighted by Crippen LogP contribution is -2.47. The molecule has 6 nitrogen and oxygen atoms in total. The Morgan fingerprint density at radius 3 is 2.79 bits per heavy atom. The lowest BCUT2D eigenvalue weighted by Gasteiger charge is -2.26. The fourth-order valence-corrected chi connectivity index (χ4v) is 2.00. The van der Waals surface area contributed by atoms with Crippen LogP contribution in [-0.2, 0) is 14.2 Å². The maximum Gasteiger partial charge on any atom is 0.105 e. The molecule has 1 fully saturated rings. The van der Waals surface area contributed by atoms with E-state index in [2.05, 4.69) is 5.32 Å². The number of aliphatic hydroxyl groups excluding tert-OH is 1. The van der Waals surface area contributed by atoms with Crippen LogP contribution < -0.4 is 5.32 Å². The SMILES string of the molecule is CCOCCOCC(O)CNCC1(O)CCOC1C. The van der Waals surface area contributed by atoms with Crippen molar-refractivity contribution in [3.8, 4) is 0 Å². The van der Waals surface area contributed by atoms with Crippen molar-refractivity contribution in [2.24, 2.45) is 0 Å². The Balaban J connectivity index is 2.02. The quantitative estimate of drug-likeness (QED) is 0.469. The monoisotopic (exact) mass is 277 g/mol. The van der Waals surface area contributed by atoms with E-state index >= 15 is 0 Å². The lowest BCUT2D eigenvalue weighted by atomic mass is 9.97. The molecule has 1 saturated heterocycles. The maximum absolute atomic E-state index is 10.2. The van der Waals surface area contributed by atoms with Gasteiger partial charge < -0.3 is 29.7 Å². The molecule has 19 heavy (non-hydrogen) atoms. The van der Waals surface area contributed by atoms with Crippen LogP contribution >= 0.6 is 0 Å². The van der Waals surface area contributed by atoms with Gasteiger partial charge in [-0.3, -0.25) is 0 Å². The van der Waals surface area contributed by atoms with Gasteiger partial charge in [0.1, 0.15) is 5.60 Å². The highest BCUT2D eigenvalue weighted by Gasteiger charge is 2.39. The minimum Gasteiger partial charge on any atom is -0.389 e. The zero-order valence-corrected chi connectivity index (χ0v) is 11.9. The van der Waals surface area contributed by atoms with Crippen LogP contribution in [0.5, 0.6) is 0 Å². The third kappa shape index (κ3) is 6.16. The zero-order valence-electron chi connectivity index (χ0n) is 11.9. The van der Waals surface area contributed by atoms with E-state index < -0.39 is 11.7 Å². The van der Waals surface area contributed by atoms with Crippen molar-refractivity contribution in [1.82, 2.24) is 5.32 Å². The van der Waals surface area contributed by atoms with Crippen molar-refractivity contribution in [3.63, 3.8) is 0 Å². The van der Waals surface area contributed by atoms with Gasteiger partial charge in [-0.2, -0.15) is 0 Å². The Morgan fingerprint density at radius 1 is 1.42 bits per heavy atom. The van der Waals surface area contributed by atoms with Gasteiger partial charge in [0, 0.05) is 32.7 Å². The molecule has 1 heterocycles. The third-order valence-corrected chi connectivity index (χ3v) is 3.36. The molecule has 1 aliphatic heterocycles. The molecule has 0 bridgehead atoms. The second-order valence-corrected chi connectivity index (χ2v) is 4.92. The molecule has 1 aliphatic rings. The first-order valence-electron chi connectivity index (χ1n) is 6.96. The molecule has 0 amide bonds. The Bertz CT molecular complexity index is 241. The summed E-state index contributed by atoms with van der Waals surface area (Å²) in [5, 5.41) is 23.0. The van der Waals surface area contributed by atoms with Gasteiger partial charge in [0.2, 0.25) is 0 Å². The predicted octanol–water partition coefficient (Wildman–Crippen LogP) is -0.470. The molecule has 0 aromatic heterocycles. The van der Waals surface area contributed by atoms with E-state index in [-0.39, 0.29) is 12.7 Å². The highest BCUT2D eigenvalue weighted by Crippen LogP contribution is 2.24. The van der Waals surface area contributed by atoms with Crippen molar-refractivity contribution in [2.45, 2.75) is 38.1 Å². The van der Waals surface area contributed by atoms with Crippen molar-refractivity contribution in [1.29, 1.82) is 0 Å². The molecule has 0 saturated carbocycles. The van der Waals surface area contributed by atoms with E-state index in [9.17, 15) is 10.2 Å². The molecule has 0 aromatic rings. The van der Waals surface area contributed by atoms with Crippen LogP contribution in [-0.4, -0.2) is 74.1 Å². The van der Waals surface area contributed by atoms with E-state index in [1.165, 1.54) is 0 Å². The number of rotatable bonds is 10. The van der Waals surface area contributed by atoms with Crippen LogP contribution in [0.25, 0.3) is 0 Å². The molecular formula is C13H27NO5. The molecule has 1 rings (SSSR count). The fourth-order valence-electron chi connectivity index (χ4n) is 2.00. The minimum absolute atomic E-state index is 0.167. The fraction of sp³-hybridized carbons (Fsp3) is 1.00. The minimum atomic E-state index is -0.824. The summed E-state index contributed by atoms with van der Waals surface area (Å²) in [6, 6.07) is 0. The van der Waals surface area contributed by atoms with Crippen LogP contribution in [0.2, 0.25) is 0 Å². The molecule has 3 unspecified atom stereocenters. The van der Waals surface area contributed by atoms with Gasteiger partial charge >= 0.3 is 0 Å². The van der Waals surface area contributed by atoms with E-state index in [4.69, 9.17) is 14.2 Å². The van der Waals surface area contributed by atoms with Crippen LogP contribution in [0, 0.1) is 0 Å². The summed E-state index contributed by atoms with van der Waals surface area (Å²) >= 11 is 0. The van der Waals surface area contributed by atoms with Crippen molar-refractivity contribution in [3.05, 3.63) is 0 Å². The van der Waals surface area contributed by atoms with Gasteiger partial charge in [0.25, 0.3) is 0 Å². The number of ether oxygens (including phenoxy) is 3. The molecule has 3 N–H and O–H groups in total. The lowest BCUT2D eigenvalue weighted by molar-refractivity contribution is -0.0304. The molecular weight excluding hydrogens is 250 g/mol. The normalized spacial score (nSPS) is 28.7. The Kier molecular flexibility index (Phi) is 7.82. The van der Waals surface area contributed by atoms with Gasteiger partial charge in [0.15, 0.2) is 0 Å². The summed E-state index contributed by atoms with van der Waals surface area (Å²) in [6.45, 7) is 7.16. The summed E-state index contributed by atoms with van der Waals surface area (Å²) < 4.78 is 15.7. The molecule has 0 aromatic carbocycles. The van der Waals surface area contributed by atoms with E-state index in [0.717, 1.165) is 0 Å². The molecule has 6 heteroatoms. The smallest absolute Gasteiger partial charge is 0.105 e. The first-order chi connectivity index (χ1) is 9.08. The van der Waals surface area contributed by atoms with E-state index in [1.807, 2.05) is 13.8 Å². The zero-order chi connectivity index (χ0) is 14.1. The third-order valence-electron chi connectivity index (χ3n) is 3.36. The Labute approximate surface area is 115 Å². The number of aliphatic hydroxyl groups is 2. The number of hydrogen-bond donors (Lipinski definition) is 3. The van der Waals surface area contributed by atoms with Crippen molar-refractivity contribution >= 4 is 0 Å². The standard InChI is InChI=1S/C13H27NO5/c1-3-17-6-7-18-9-12(15)8-14-10-13(16)4-5-19-11(13)2/h11-12,14-16H,3-10H2,1-2H3. The van der Waals surface area contributed by atoms with E-state index in [1.54, 1.807) is 0 Å². The Hall–Kier alpha value is -0.240. The van der Waals surface area contributed by atoms with Gasteiger partial charge in [-0.1, -0.05) is 0 Å².